The van der Waals surface area contributed by atoms with Crippen LogP contribution >= 0.6 is 0 Å². The molecule has 3 atom stereocenters. The summed E-state index contributed by atoms with van der Waals surface area (Å²) in [7, 11) is 0. The van der Waals surface area contributed by atoms with Crippen molar-refractivity contribution in [2.24, 2.45) is 16.5 Å². The number of carbonyl (C=O) groups is 8. The number of carboxylic acid groups (broad SMARTS) is 3. The number of hydrogen-bond donors (Lipinski definition) is 7. The van der Waals surface area contributed by atoms with Crippen molar-refractivity contribution < 1.29 is 63.5 Å². The Morgan fingerprint density at radius 1 is 0.489 bits per heavy atom. The van der Waals surface area contributed by atoms with Crippen LogP contribution < -0.4 is 22.1 Å². The highest BCUT2D eigenvalue weighted by atomic mass is 16.6. The molecule has 2 heterocycles. The van der Waals surface area contributed by atoms with Crippen LogP contribution in [-0.4, -0.2) is 108 Å². The molecule has 0 spiro atoms. The first-order valence-electron chi connectivity index (χ1n) is 29.2. The number of guanidine groups is 1. The molecule has 5 aromatic rings. The zero-order chi connectivity index (χ0) is 64.6. The van der Waals surface area contributed by atoms with Crippen LogP contribution in [-0.2, 0) is 51.2 Å². The minimum atomic E-state index is -1.11. The number of hydrogen-bond acceptors (Lipinski definition) is 15. The number of carboxylic acids is 3. The lowest BCUT2D eigenvalue weighted by atomic mass is 9.89. The molecular weight excluding hydrogens is 1130 g/mol. The van der Waals surface area contributed by atoms with E-state index < -0.39 is 45.5 Å². The molecule has 0 saturated heterocycles. The number of amides is 2. The van der Waals surface area contributed by atoms with E-state index in [0.717, 1.165) is 68.3 Å². The van der Waals surface area contributed by atoms with Crippen LogP contribution in [0.25, 0.3) is 0 Å². The van der Waals surface area contributed by atoms with Crippen LogP contribution in [0.3, 0.4) is 0 Å². The van der Waals surface area contributed by atoms with Crippen LogP contribution in [0.4, 0.5) is 11.4 Å². The molecule has 5 rings (SSSR count). The van der Waals surface area contributed by atoms with Gasteiger partial charge in [-0.15, -0.1) is 0 Å². The molecule has 472 valence electrons. The van der Waals surface area contributed by atoms with Crippen molar-refractivity contribution >= 4 is 64.4 Å². The van der Waals surface area contributed by atoms with Gasteiger partial charge in [-0.1, -0.05) is 79.9 Å². The molecule has 0 radical (unpaired) electrons. The van der Waals surface area contributed by atoms with Gasteiger partial charge in [0.1, 0.15) is 5.78 Å². The van der Waals surface area contributed by atoms with Gasteiger partial charge in [0, 0.05) is 111 Å². The first-order valence-corrected chi connectivity index (χ1v) is 29.2. The number of benzene rings is 3. The van der Waals surface area contributed by atoms with Gasteiger partial charge in [0.05, 0.1) is 42.2 Å². The Balaban J connectivity index is 0.000000347. The summed E-state index contributed by atoms with van der Waals surface area (Å²) in [6.45, 7) is 2.21. The van der Waals surface area contributed by atoms with Crippen LogP contribution in [0.2, 0.25) is 0 Å². The summed E-state index contributed by atoms with van der Waals surface area (Å²) in [4.78, 5) is 127. The van der Waals surface area contributed by atoms with Gasteiger partial charge in [-0.2, -0.15) is 0 Å². The van der Waals surface area contributed by atoms with Crippen molar-refractivity contribution in [2.45, 2.75) is 153 Å². The van der Waals surface area contributed by atoms with E-state index in [4.69, 9.17) is 21.7 Å². The number of unbranched alkanes of at least 4 members (excludes halogenated alkanes) is 6. The number of non-ortho nitro benzene ring substituents is 2. The third-order valence-electron chi connectivity index (χ3n) is 13.8. The molecular formula is C64H81N9O15. The number of rotatable bonds is 39. The Kier molecular flexibility index (Phi) is 34.2. The number of Topliss-reactive ketones (excluding diaryl/α,β-unsaturated/α-hetero) is 3. The number of nitro groups is 2. The molecule has 2 aromatic heterocycles. The van der Waals surface area contributed by atoms with Crippen LogP contribution in [0.15, 0.2) is 127 Å². The zero-order valence-corrected chi connectivity index (χ0v) is 49.7. The smallest absolute Gasteiger partial charge is 0.303 e. The molecule has 3 aromatic carbocycles. The van der Waals surface area contributed by atoms with Crippen LogP contribution in [0.1, 0.15) is 167 Å². The molecule has 0 fully saturated rings. The zero-order valence-electron chi connectivity index (χ0n) is 49.7. The van der Waals surface area contributed by atoms with Crippen molar-refractivity contribution in [3.63, 3.8) is 0 Å². The average Bonchev–Trinajstić information content (AvgIpc) is 3.65. The molecule has 0 aliphatic rings. The van der Waals surface area contributed by atoms with Gasteiger partial charge < -0.3 is 37.4 Å². The highest BCUT2D eigenvalue weighted by Gasteiger charge is 2.24. The van der Waals surface area contributed by atoms with Gasteiger partial charge in [-0.25, -0.2) is 0 Å². The number of pyridine rings is 2. The van der Waals surface area contributed by atoms with E-state index in [1.807, 2.05) is 36.5 Å². The standard InChI is InChI=1S/C24H30N2O5.C22H25N3O6.C18H26N4O4/c1-18-12-13-25-21(14-18)9-5-3-2-4-6-11-23(27)16-20(17-24(28)29)19-8-7-10-22(15-19)26(30)31;26-20(15-24-21(27)10-2-1-7-18-8-3-4-11-23-18)13-17(14-22(28)29)16-6-5-9-19(12-16)25(30)31;19-18(20)21-9-5-4-8-16(24)22-12-15(23)10-14(11-17(25)26)13-6-2-1-3-7-13/h7-8,10,12-15,20H,2-6,9,11,16-17H2,1H3,(H,28,29);3-6,8-9,11-12,17H,1-2,7,10,13-15H2,(H,24,27)(H,28,29);1-3,6-7,14H,4-5,8-12H2,(H,22,24)(H,25,26)(H4,19,20,21). The normalized spacial score (nSPS) is 11.6. The highest BCUT2D eigenvalue weighted by Crippen LogP contribution is 2.29. The predicted molar refractivity (Wildman–Crippen MR) is 329 cm³/mol. The number of nitrogens with two attached hydrogens (primary N) is 2. The summed E-state index contributed by atoms with van der Waals surface area (Å²) in [6.07, 6.45) is 13.3. The molecule has 24 nitrogen and oxygen atoms in total. The number of aryl methyl sites for hydroxylation is 3. The second-order valence-corrected chi connectivity index (χ2v) is 21.2. The minimum absolute atomic E-state index is 0.00159. The summed E-state index contributed by atoms with van der Waals surface area (Å²) in [5.41, 5.74) is 15.2. The minimum Gasteiger partial charge on any atom is -0.481 e. The number of aliphatic carboxylic acids is 3. The number of nitro benzene ring substituents is 2. The quantitative estimate of drug-likeness (QED) is 0.00633. The van der Waals surface area contributed by atoms with E-state index in [2.05, 4.69) is 38.6 Å². The summed E-state index contributed by atoms with van der Waals surface area (Å²) < 4.78 is 0. The Labute approximate surface area is 511 Å². The number of nitrogens with zero attached hydrogens (tertiary/aromatic N) is 5. The van der Waals surface area contributed by atoms with E-state index in [0.29, 0.717) is 43.4 Å². The van der Waals surface area contributed by atoms with Gasteiger partial charge >= 0.3 is 17.9 Å². The van der Waals surface area contributed by atoms with E-state index in [9.17, 15) is 63.7 Å². The molecule has 0 aliphatic carbocycles. The summed E-state index contributed by atoms with van der Waals surface area (Å²) in [5.74, 6) is -5.74. The van der Waals surface area contributed by atoms with Gasteiger partial charge in [-0.05, 0) is 105 Å². The summed E-state index contributed by atoms with van der Waals surface area (Å²) in [5, 5.41) is 54.4. The monoisotopic (exact) mass is 1220 g/mol. The second-order valence-electron chi connectivity index (χ2n) is 21.2. The van der Waals surface area contributed by atoms with Crippen molar-refractivity contribution in [1.82, 2.24) is 20.6 Å². The molecule has 0 bridgehead atoms. The lowest BCUT2D eigenvalue weighted by Gasteiger charge is -2.15. The maximum atomic E-state index is 12.4. The fourth-order valence-corrected chi connectivity index (χ4v) is 9.35. The second kappa shape index (κ2) is 41.4. The van der Waals surface area contributed by atoms with Crippen molar-refractivity contribution in [3.8, 4) is 0 Å². The van der Waals surface area contributed by atoms with E-state index in [-0.39, 0.29) is 111 Å². The maximum absolute atomic E-state index is 12.4. The van der Waals surface area contributed by atoms with E-state index in [1.165, 1.54) is 42.0 Å². The Morgan fingerprint density at radius 3 is 1.43 bits per heavy atom. The summed E-state index contributed by atoms with van der Waals surface area (Å²) in [6, 6.07) is 30.3. The van der Waals surface area contributed by atoms with E-state index in [1.54, 1.807) is 42.6 Å². The SMILES string of the molecule is Cc1ccnc(CCCCCCCC(=O)CC(CC(=O)O)c2cccc([N+](=O)[O-])c2)c1.NC(N)=NCCCCC(=O)NCC(=O)CC(CC(=O)O)c1ccccc1.O=C(O)CC(CC(=O)CNC(=O)CCCCc1ccccn1)c1cccc([N+](=O)[O-])c1. The predicted octanol–water partition coefficient (Wildman–Crippen LogP) is 9.20. The fraction of sp³-hybridized carbons (Fsp3) is 0.422. The molecule has 0 aliphatic heterocycles. The largest absolute Gasteiger partial charge is 0.481 e. The number of carbonyl (C=O) groups excluding carboxylic acids is 5. The Hall–Kier alpha value is -9.61. The number of aliphatic imine (C=N–C) groups is 1. The van der Waals surface area contributed by atoms with Gasteiger partial charge in [0.15, 0.2) is 17.5 Å². The molecule has 9 N–H and O–H groups in total. The van der Waals surface area contributed by atoms with Gasteiger partial charge in [0.2, 0.25) is 11.8 Å². The maximum Gasteiger partial charge on any atom is 0.303 e. The Morgan fingerprint density at radius 2 is 0.932 bits per heavy atom. The van der Waals surface area contributed by atoms with Crippen molar-refractivity contribution in [3.05, 3.63) is 175 Å². The van der Waals surface area contributed by atoms with Crippen molar-refractivity contribution in [1.29, 1.82) is 0 Å². The molecule has 88 heavy (non-hydrogen) atoms. The topological polar surface area (TPSA) is 398 Å². The first kappa shape index (κ1) is 72.6. The van der Waals surface area contributed by atoms with Gasteiger partial charge in [-0.3, -0.25) is 73.5 Å². The molecule has 3 unspecified atom stereocenters. The van der Waals surface area contributed by atoms with Gasteiger partial charge in [0.25, 0.3) is 11.4 Å². The molecule has 0 saturated carbocycles. The average molecular weight is 1220 g/mol. The highest BCUT2D eigenvalue weighted by molar-refractivity contribution is 5.88. The molecule has 2 amide bonds. The van der Waals surface area contributed by atoms with E-state index >= 15 is 0 Å². The van der Waals surface area contributed by atoms with Crippen LogP contribution in [0, 0.1) is 27.2 Å². The lowest BCUT2D eigenvalue weighted by molar-refractivity contribution is -0.385. The number of ketones is 3. The first-order chi connectivity index (χ1) is 42.1. The number of nitrogens with one attached hydrogen (secondary N) is 2. The fourth-order valence-electron chi connectivity index (χ4n) is 9.35. The molecule has 24 heteroatoms. The Bertz CT molecular complexity index is 3090. The lowest BCUT2D eigenvalue weighted by Crippen LogP contribution is -2.30. The summed E-state index contributed by atoms with van der Waals surface area (Å²) >= 11 is 0. The van der Waals surface area contributed by atoms with Crippen molar-refractivity contribution in [2.75, 3.05) is 19.6 Å². The number of aromatic nitrogens is 2. The third-order valence-corrected chi connectivity index (χ3v) is 13.8. The van der Waals surface area contributed by atoms with Crippen LogP contribution in [0.5, 0.6) is 0 Å². The third kappa shape index (κ3) is 32.6.